The van der Waals surface area contributed by atoms with Crippen LogP contribution in [0.5, 0.6) is 0 Å². The monoisotopic (exact) mass is 387 g/mol. The number of anilines is 1. The molecule has 146 valence electrons. The summed E-state index contributed by atoms with van der Waals surface area (Å²) in [5, 5.41) is 1.26. The molecule has 3 heterocycles. The third-order valence-corrected chi connectivity index (χ3v) is 6.84. The van der Waals surface area contributed by atoms with Gasteiger partial charge in [0.15, 0.2) is 0 Å². The molecule has 4 rings (SSSR count). The van der Waals surface area contributed by atoms with Crippen molar-refractivity contribution in [2.75, 3.05) is 24.6 Å². The lowest BCUT2D eigenvalue weighted by atomic mass is 9.95. The zero-order chi connectivity index (χ0) is 18.8. The number of fused-ring (bicyclic) bond motifs is 3. The Balaban J connectivity index is 1.74. The van der Waals surface area contributed by atoms with E-state index in [-0.39, 0.29) is 11.9 Å². The van der Waals surface area contributed by atoms with Crippen LogP contribution in [0.1, 0.15) is 62.2 Å². The first-order valence-electron chi connectivity index (χ1n) is 10.4. The highest BCUT2D eigenvalue weighted by Gasteiger charge is 2.30. The second-order valence-electron chi connectivity index (χ2n) is 7.64. The van der Waals surface area contributed by atoms with Crippen molar-refractivity contribution in [3.05, 3.63) is 16.3 Å². The lowest BCUT2D eigenvalue weighted by Crippen LogP contribution is -2.40. The summed E-state index contributed by atoms with van der Waals surface area (Å²) < 4.78 is 5.29. The summed E-state index contributed by atoms with van der Waals surface area (Å²) in [4.78, 5) is 27.2. The molecule has 1 aliphatic heterocycles. The predicted molar refractivity (Wildman–Crippen MR) is 110 cm³/mol. The lowest BCUT2D eigenvalue weighted by Gasteiger charge is -2.33. The van der Waals surface area contributed by atoms with E-state index in [1.54, 1.807) is 0 Å². The van der Waals surface area contributed by atoms with Gasteiger partial charge in [0.1, 0.15) is 16.5 Å². The summed E-state index contributed by atoms with van der Waals surface area (Å²) in [5.41, 5.74) is 1.47. The van der Waals surface area contributed by atoms with Crippen molar-refractivity contribution in [3.63, 3.8) is 0 Å². The van der Waals surface area contributed by atoms with Gasteiger partial charge in [-0.25, -0.2) is 9.97 Å². The second-order valence-corrected chi connectivity index (χ2v) is 8.73. The number of hydrogen-bond acceptors (Lipinski definition) is 6. The van der Waals surface area contributed by atoms with Gasteiger partial charge >= 0.3 is 5.97 Å². The van der Waals surface area contributed by atoms with Gasteiger partial charge in [-0.15, -0.1) is 11.3 Å². The maximum Gasteiger partial charge on any atom is 0.310 e. The Hall–Kier alpha value is -1.69. The molecule has 27 heavy (non-hydrogen) atoms. The van der Waals surface area contributed by atoms with E-state index in [9.17, 15) is 4.79 Å². The molecule has 1 fully saturated rings. The van der Waals surface area contributed by atoms with E-state index in [0.29, 0.717) is 13.2 Å². The smallest absolute Gasteiger partial charge is 0.310 e. The summed E-state index contributed by atoms with van der Waals surface area (Å²) in [5.74, 6) is 1.90. The minimum Gasteiger partial charge on any atom is -0.466 e. The Morgan fingerprint density at radius 1 is 1.22 bits per heavy atom. The average molecular weight is 388 g/mol. The summed E-state index contributed by atoms with van der Waals surface area (Å²) in [6.07, 6.45) is 8.69. The third-order valence-electron chi connectivity index (χ3n) is 5.66. The number of carbonyl (C=O) groups is 1. The molecular weight excluding hydrogens is 358 g/mol. The minimum atomic E-state index is -0.0615. The third kappa shape index (κ3) is 3.68. The molecule has 0 unspecified atom stereocenters. The van der Waals surface area contributed by atoms with Gasteiger partial charge < -0.3 is 9.64 Å². The highest BCUT2D eigenvalue weighted by molar-refractivity contribution is 7.19. The van der Waals surface area contributed by atoms with Gasteiger partial charge in [-0.2, -0.15) is 0 Å². The van der Waals surface area contributed by atoms with Crippen molar-refractivity contribution in [2.24, 2.45) is 5.92 Å². The maximum atomic E-state index is 12.3. The molecule has 1 aliphatic carbocycles. The van der Waals surface area contributed by atoms with Crippen LogP contribution >= 0.6 is 11.3 Å². The number of aryl methyl sites for hydroxylation is 3. The molecule has 0 N–H and O–H groups in total. The summed E-state index contributed by atoms with van der Waals surface area (Å²) >= 11 is 1.86. The van der Waals surface area contributed by atoms with Gasteiger partial charge in [-0.3, -0.25) is 4.79 Å². The van der Waals surface area contributed by atoms with Crippen LogP contribution in [0, 0.1) is 5.92 Å². The van der Waals surface area contributed by atoms with E-state index in [1.165, 1.54) is 35.1 Å². The number of esters is 1. The largest absolute Gasteiger partial charge is 0.466 e. The molecule has 0 bridgehead atoms. The molecule has 0 saturated carbocycles. The van der Waals surface area contributed by atoms with Gasteiger partial charge in [0.2, 0.25) is 0 Å². The Labute approximate surface area is 165 Å². The van der Waals surface area contributed by atoms with Crippen molar-refractivity contribution in [2.45, 2.75) is 65.2 Å². The number of aromatic nitrogens is 2. The predicted octanol–water partition coefficient (Wildman–Crippen LogP) is 4.30. The van der Waals surface area contributed by atoms with Crippen molar-refractivity contribution in [1.29, 1.82) is 0 Å². The first-order chi connectivity index (χ1) is 13.2. The van der Waals surface area contributed by atoms with Crippen LogP contribution in [0.15, 0.2) is 0 Å². The van der Waals surface area contributed by atoms with Crippen molar-refractivity contribution < 1.29 is 9.53 Å². The van der Waals surface area contributed by atoms with Crippen LogP contribution in [-0.4, -0.2) is 35.6 Å². The minimum absolute atomic E-state index is 0.0483. The van der Waals surface area contributed by atoms with E-state index in [4.69, 9.17) is 14.7 Å². The quantitative estimate of drug-likeness (QED) is 0.716. The lowest BCUT2D eigenvalue weighted by molar-refractivity contribution is -0.148. The summed E-state index contributed by atoms with van der Waals surface area (Å²) in [7, 11) is 0. The van der Waals surface area contributed by atoms with E-state index in [2.05, 4.69) is 11.8 Å². The number of ether oxygens (including phenoxy) is 1. The topological polar surface area (TPSA) is 55.3 Å². The molecular formula is C21H29N3O2S. The summed E-state index contributed by atoms with van der Waals surface area (Å²) in [6, 6.07) is 0. The van der Waals surface area contributed by atoms with Crippen LogP contribution in [-0.2, 0) is 28.8 Å². The molecule has 1 atom stereocenters. The normalized spacial score (nSPS) is 19.9. The zero-order valence-electron chi connectivity index (χ0n) is 16.4. The van der Waals surface area contributed by atoms with Crippen LogP contribution in [0.25, 0.3) is 10.2 Å². The van der Waals surface area contributed by atoms with Crippen molar-refractivity contribution in [1.82, 2.24) is 9.97 Å². The van der Waals surface area contributed by atoms with E-state index in [1.807, 2.05) is 18.3 Å². The molecule has 2 aliphatic rings. The Bertz CT molecular complexity index is 832. The molecule has 0 aromatic carbocycles. The molecule has 0 radical (unpaired) electrons. The van der Waals surface area contributed by atoms with Gasteiger partial charge in [-0.05, 0) is 57.4 Å². The number of thiophene rings is 1. The molecule has 1 saturated heterocycles. The van der Waals surface area contributed by atoms with Gasteiger partial charge in [0.25, 0.3) is 0 Å². The Kier molecular flexibility index (Phi) is 5.62. The maximum absolute atomic E-state index is 12.3. The number of rotatable bonds is 5. The first kappa shape index (κ1) is 18.7. The molecule has 5 nitrogen and oxygen atoms in total. The second kappa shape index (κ2) is 8.13. The number of hydrogen-bond donors (Lipinski definition) is 0. The molecule has 0 amide bonds. The van der Waals surface area contributed by atoms with Crippen LogP contribution in [0.3, 0.4) is 0 Å². The van der Waals surface area contributed by atoms with Gasteiger partial charge in [-0.1, -0.05) is 6.92 Å². The molecule has 6 heteroatoms. The zero-order valence-corrected chi connectivity index (χ0v) is 17.2. The average Bonchev–Trinajstić information content (AvgIpc) is 3.06. The Morgan fingerprint density at radius 2 is 2.07 bits per heavy atom. The SMILES string of the molecule is CCCc1nc(N2CCC[C@H](C(=O)OCC)C2)c2c3c(sc2n1)CCCC3. The van der Waals surface area contributed by atoms with E-state index >= 15 is 0 Å². The van der Waals surface area contributed by atoms with Crippen LogP contribution < -0.4 is 4.90 Å². The molecule has 2 aromatic rings. The number of carbonyl (C=O) groups excluding carboxylic acids is 1. The fourth-order valence-electron chi connectivity index (χ4n) is 4.37. The Morgan fingerprint density at radius 3 is 2.89 bits per heavy atom. The highest BCUT2D eigenvalue weighted by Crippen LogP contribution is 2.40. The number of nitrogens with zero attached hydrogens (tertiary/aromatic N) is 3. The van der Waals surface area contributed by atoms with Crippen LogP contribution in [0.2, 0.25) is 0 Å². The van der Waals surface area contributed by atoms with Crippen molar-refractivity contribution >= 4 is 33.3 Å². The standard InChI is InChI=1S/C21H29N3O2S/c1-3-8-17-22-19(24-12-7-9-14(13-24)21(25)26-4-2)18-15-10-5-6-11-16(15)27-20(18)23-17/h14H,3-13H2,1-2H3/t14-/m0/s1. The van der Waals surface area contributed by atoms with E-state index in [0.717, 1.165) is 55.1 Å². The fraction of sp³-hybridized carbons (Fsp3) is 0.667. The summed E-state index contributed by atoms with van der Waals surface area (Å²) in [6.45, 7) is 6.16. The van der Waals surface area contributed by atoms with E-state index < -0.39 is 0 Å². The van der Waals surface area contributed by atoms with Crippen LogP contribution in [0.4, 0.5) is 5.82 Å². The molecule has 2 aromatic heterocycles. The highest BCUT2D eigenvalue weighted by atomic mass is 32.1. The van der Waals surface area contributed by atoms with Gasteiger partial charge in [0, 0.05) is 24.4 Å². The fourth-order valence-corrected chi connectivity index (χ4v) is 5.64. The van der Waals surface area contributed by atoms with Crippen molar-refractivity contribution in [3.8, 4) is 0 Å². The van der Waals surface area contributed by atoms with Gasteiger partial charge in [0.05, 0.1) is 17.9 Å². The molecule has 0 spiro atoms. The number of piperidine rings is 1. The first-order valence-corrected chi connectivity index (χ1v) is 11.3.